The van der Waals surface area contributed by atoms with Crippen molar-refractivity contribution in [2.75, 3.05) is 14.2 Å². The molecule has 0 aromatic heterocycles. The molecule has 0 amide bonds. The van der Waals surface area contributed by atoms with Gasteiger partial charge in [0.1, 0.15) is 11.5 Å². The Balaban J connectivity index is 1.76. The van der Waals surface area contributed by atoms with Crippen LogP contribution in [0.1, 0.15) is 33.7 Å². The maximum Gasteiger partial charge on any atom is 0.328 e. The third kappa shape index (κ3) is 8.64. The average Bonchev–Trinajstić information content (AvgIpc) is 3.04. The molecule has 4 aromatic rings. The molecule has 0 saturated carbocycles. The number of hydrogen-bond donors (Lipinski definition) is 2. The summed E-state index contributed by atoms with van der Waals surface area (Å²) in [5.74, 6) is -2.48. The first-order chi connectivity index (χ1) is 21.7. The lowest BCUT2D eigenvalue weighted by atomic mass is 9.83. The van der Waals surface area contributed by atoms with Gasteiger partial charge < -0.3 is 19.7 Å². The predicted molar refractivity (Wildman–Crippen MR) is 170 cm³/mol. The number of carbonyl (C=O) groups excluding carboxylic acids is 2. The van der Waals surface area contributed by atoms with E-state index in [0.717, 1.165) is 52.1 Å². The third-order valence-electron chi connectivity index (χ3n) is 7.19. The molecule has 0 fully saturated rings. The molecule has 4 rings (SSSR count). The van der Waals surface area contributed by atoms with Crippen LogP contribution < -0.4 is 9.47 Å². The molecule has 0 unspecified atom stereocenters. The summed E-state index contributed by atoms with van der Waals surface area (Å²) in [6, 6.07) is 29.3. The molecular weight excluding hydrogens is 572 g/mol. The Kier molecular flexibility index (Phi) is 10.8. The first-order valence-corrected chi connectivity index (χ1v) is 14.0. The zero-order valence-electron chi connectivity index (χ0n) is 24.8. The molecule has 0 radical (unpaired) electrons. The van der Waals surface area contributed by atoms with Crippen molar-refractivity contribution in [2.24, 2.45) is 0 Å². The van der Waals surface area contributed by atoms with E-state index in [4.69, 9.17) is 19.7 Å². The molecule has 0 heterocycles. The molecule has 0 bridgehead atoms. The number of carbonyl (C=O) groups is 4. The van der Waals surface area contributed by atoms with Crippen molar-refractivity contribution < 1.29 is 38.9 Å². The van der Waals surface area contributed by atoms with Gasteiger partial charge in [0.05, 0.1) is 14.2 Å². The lowest BCUT2D eigenvalue weighted by Gasteiger charge is -2.22. The monoisotopic (exact) mass is 604 g/mol. The summed E-state index contributed by atoms with van der Waals surface area (Å²) in [5, 5.41) is 17.7. The summed E-state index contributed by atoms with van der Waals surface area (Å²) in [4.78, 5) is 46.4. The Morgan fingerprint density at radius 2 is 1.00 bits per heavy atom. The van der Waals surface area contributed by atoms with Gasteiger partial charge in [0, 0.05) is 42.0 Å². The van der Waals surface area contributed by atoms with Crippen LogP contribution >= 0.6 is 0 Å². The van der Waals surface area contributed by atoms with Gasteiger partial charge in [0.25, 0.3) is 0 Å². The molecule has 0 saturated heterocycles. The van der Waals surface area contributed by atoms with Gasteiger partial charge in [-0.3, -0.25) is 9.59 Å². The van der Waals surface area contributed by atoms with Crippen molar-refractivity contribution in [1.29, 1.82) is 0 Å². The standard InChI is InChI=1S/C37H32O8/c1-44-33-22-29(14-12-27(33)20-31(38)16-18-35(40)41)37(26-10-8-25(9-11-26)24-6-4-3-5-7-24)30-15-13-28(34(23-30)45-2)21-32(39)17-19-36(42)43/h3-19,22-23,37H,20-21H2,1-2H3,(H,40,41)(H,42,43)/b18-16+,19-17+. The fraction of sp³-hybridized carbons (Fsp3) is 0.135. The number of carboxylic acid groups (broad SMARTS) is 2. The number of rotatable bonds is 14. The number of carboxylic acids is 2. The Morgan fingerprint density at radius 1 is 0.578 bits per heavy atom. The van der Waals surface area contributed by atoms with Gasteiger partial charge in [-0.1, -0.05) is 78.9 Å². The number of methoxy groups -OCH3 is 2. The molecule has 0 spiro atoms. The quantitative estimate of drug-likeness (QED) is 0.131. The van der Waals surface area contributed by atoms with Crippen LogP contribution in [0, 0.1) is 0 Å². The number of hydrogen-bond acceptors (Lipinski definition) is 6. The summed E-state index contributed by atoms with van der Waals surface area (Å²) in [6.07, 6.45) is 3.62. The van der Waals surface area contributed by atoms with Crippen molar-refractivity contribution in [3.63, 3.8) is 0 Å². The topological polar surface area (TPSA) is 127 Å². The highest BCUT2D eigenvalue weighted by atomic mass is 16.5. The molecule has 4 aromatic carbocycles. The molecular formula is C37H32O8. The van der Waals surface area contributed by atoms with E-state index in [1.807, 2.05) is 66.7 Å². The van der Waals surface area contributed by atoms with Crippen LogP contribution in [0.25, 0.3) is 11.1 Å². The maximum atomic E-state index is 12.4. The minimum Gasteiger partial charge on any atom is -0.496 e. The second kappa shape index (κ2) is 15.1. The van der Waals surface area contributed by atoms with E-state index in [2.05, 4.69) is 12.1 Å². The predicted octanol–water partition coefficient (Wildman–Crippen LogP) is 6.06. The van der Waals surface area contributed by atoms with Crippen LogP contribution in [0.15, 0.2) is 115 Å². The van der Waals surface area contributed by atoms with Gasteiger partial charge in [0.15, 0.2) is 11.6 Å². The molecule has 8 nitrogen and oxygen atoms in total. The maximum absolute atomic E-state index is 12.4. The summed E-state index contributed by atoms with van der Waals surface area (Å²) in [6.45, 7) is 0. The molecule has 0 aliphatic carbocycles. The Labute approximate surface area is 260 Å². The average molecular weight is 605 g/mol. The molecule has 0 atom stereocenters. The molecule has 228 valence electrons. The molecule has 0 aliphatic heterocycles. The SMILES string of the molecule is COc1cc(C(c2ccc(-c3ccccc3)cc2)c2ccc(CC(=O)/C=C/C(=O)O)c(OC)c2)ccc1CC(=O)/C=C/C(=O)O. The second-order valence-corrected chi connectivity index (χ2v) is 10.2. The highest BCUT2D eigenvalue weighted by Crippen LogP contribution is 2.38. The zero-order chi connectivity index (χ0) is 32.3. The van der Waals surface area contributed by atoms with Gasteiger partial charge >= 0.3 is 11.9 Å². The number of allylic oxidation sites excluding steroid dienone is 2. The largest absolute Gasteiger partial charge is 0.496 e. The van der Waals surface area contributed by atoms with E-state index in [0.29, 0.717) is 22.6 Å². The number of benzene rings is 4. The van der Waals surface area contributed by atoms with E-state index in [1.54, 1.807) is 12.1 Å². The van der Waals surface area contributed by atoms with Gasteiger partial charge in [-0.15, -0.1) is 0 Å². The zero-order valence-corrected chi connectivity index (χ0v) is 24.8. The van der Waals surface area contributed by atoms with Crippen LogP contribution in [-0.4, -0.2) is 47.9 Å². The summed E-state index contributed by atoms with van der Waals surface area (Å²) < 4.78 is 11.3. The van der Waals surface area contributed by atoms with Gasteiger partial charge in [-0.2, -0.15) is 0 Å². The highest BCUT2D eigenvalue weighted by Gasteiger charge is 2.21. The van der Waals surface area contributed by atoms with Crippen molar-refractivity contribution in [3.8, 4) is 22.6 Å². The number of aliphatic carboxylic acids is 2. The summed E-state index contributed by atoms with van der Waals surface area (Å²) >= 11 is 0. The molecule has 8 heteroatoms. The lowest BCUT2D eigenvalue weighted by molar-refractivity contribution is -0.132. The van der Waals surface area contributed by atoms with Crippen molar-refractivity contribution >= 4 is 23.5 Å². The van der Waals surface area contributed by atoms with E-state index < -0.39 is 11.9 Å². The summed E-state index contributed by atoms with van der Waals surface area (Å²) in [5.41, 5.74) is 6.07. The smallest absolute Gasteiger partial charge is 0.328 e. The van der Waals surface area contributed by atoms with E-state index >= 15 is 0 Å². The fourth-order valence-corrected chi connectivity index (χ4v) is 5.07. The fourth-order valence-electron chi connectivity index (χ4n) is 5.07. The molecule has 0 aliphatic rings. The van der Waals surface area contributed by atoms with Crippen molar-refractivity contribution in [3.05, 3.63) is 143 Å². The van der Waals surface area contributed by atoms with Crippen molar-refractivity contribution in [2.45, 2.75) is 18.8 Å². The van der Waals surface area contributed by atoms with E-state index in [-0.39, 0.29) is 30.3 Å². The number of ketones is 2. The Hall–Kier alpha value is -5.76. The van der Waals surface area contributed by atoms with Crippen LogP contribution in [0.2, 0.25) is 0 Å². The molecule has 2 N–H and O–H groups in total. The third-order valence-corrected chi connectivity index (χ3v) is 7.19. The van der Waals surface area contributed by atoms with Crippen LogP contribution in [0.4, 0.5) is 0 Å². The minimum atomic E-state index is -1.20. The highest BCUT2D eigenvalue weighted by molar-refractivity contribution is 5.97. The number of ether oxygens (including phenoxy) is 2. The van der Waals surface area contributed by atoms with Gasteiger partial charge in [-0.05, 0) is 52.1 Å². The van der Waals surface area contributed by atoms with Gasteiger partial charge in [0.2, 0.25) is 0 Å². The van der Waals surface area contributed by atoms with E-state index in [1.165, 1.54) is 14.2 Å². The molecule has 45 heavy (non-hydrogen) atoms. The summed E-state index contributed by atoms with van der Waals surface area (Å²) in [7, 11) is 3.02. The van der Waals surface area contributed by atoms with Crippen LogP contribution in [-0.2, 0) is 32.0 Å². The Morgan fingerprint density at radius 3 is 1.42 bits per heavy atom. The minimum absolute atomic E-state index is 0.0312. The first kappa shape index (κ1) is 32.2. The van der Waals surface area contributed by atoms with Crippen molar-refractivity contribution in [1.82, 2.24) is 0 Å². The van der Waals surface area contributed by atoms with E-state index in [9.17, 15) is 19.2 Å². The van der Waals surface area contributed by atoms with Crippen LogP contribution in [0.3, 0.4) is 0 Å². The Bertz CT molecular complexity index is 1660. The first-order valence-electron chi connectivity index (χ1n) is 14.0. The van der Waals surface area contributed by atoms with Gasteiger partial charge in [-0.25, -0.2) is 9.59 Å². The lowest BCUT2D eigenvalue weighted by Crippen LogP contribution is -2.08. The second-order valence-electron chi connectivity index (χ2n) is 10.2. The van der Waals surface area contributed by atoms with Crippen LogP contribution in [0.5, 0.6) is 11.5 Å². The normalized spacial score (nSPS) is 11.2.